The molecule has 0 spiro atoms. The van der Waals surface area contributed by atoms with Gasteiger partial charge >= 0.3 is 5.97 Å². The van der Waals surface area contributed by atoms with E-state index in [1.165, 1.54) is 25.5 Å². The number of esters is 1. The van der Waals surface area contributed by atoms with Gasteiger partial charge in [-0.1, -0.05) is 42.5 Å². The molecule has 4 fully saturated rings. The zero-order valence-electron chi connectivity index (χ0n) is 21.2. The Hall–Kier alpha value is -1.87. The summed E-state index contributed by atoms with van der Waals surface area (Å²) in [6.07, 6.45) is 7.51. The Labute approximate surface area is 212 Å². The van der Waals surface area contributed by atoms with Gasteiger partial charge in [0.25, 0.3) is 0 Å². The van der Waals surface area contributed by atoms with Gasteiger partial charge in [0.2, 0.25) is 5.91 Å². The minimum absolute atomic E-state index is 0.0212. The van der Waals surface area contributed by atoms with Crippen LogP contribution in [0.3, 0.4) is 0 Å². The maximum atomic E-state index is 13.7. The Balaban J connectivity index is 1.48. The number of allylic oxidation sites excluding steroid dienone is 1. The largest absolute Gasteiger partial charge is 0.467 e. The van der Waals surface area contributed by atoms with Crippen LogP contribution in [-0.2, 0) is 30.2 Å². The molecule has 5 rings (SSSR count). The molecular weight excluding hydrogens is 464 g/mol. The van der Waals surface area contributed by atoms with Gasteiger partial charge < -0.3 is 19.1 Å². The lowest BCUT2D eigenvalue weighted by Crippen LogP contribution is -2.75. The third kappa shape index (κ3) is 4.54. The third-order valence-corrected chi connectivity index (χ3v) is 9.30. The van der Waals surface area contributed by atoms with Gasteiger partial charge in [-0.15, -0.1) is 11.8 Å². The summed E-state index contributed by atoms with van der Waals surface area (Å²) in [5.74, 6) is -0.605. The summed E-state index contributed by atoms with van der Waals surface area (Å²) in [5, 5.41) is -0.116. The Kier molecular flexibility index (Phi) is 6.53. The Bertz CT molecular complexity index is 997. The molecule has 3 saturated heterocycles. The van der Waals surface area contributed by atoms with Crippen molar-refractivity contribution in [2.75, 3.05) is 20.8 Å². The standard InChI is InChI=1S/C27H36N2O5S/c1-26(2)22(25(31)32-4)29-23(30)21(24(29)35-26)28-16-27(3,33-5)34-20(15-18-9-7-6-8-10-18)19(28)14-13-17-11-12-17/h6-10,13-14,17,19-22,24H,11-12,15-16H2,1-5H3/b14-13+/t19-,20+,21-,22+,24-,27-/m1/s1. The van der Waals surface area contributed by atoms with Crippen LogP contribution >= 0.6 is 11.8 Å². The molecule has 4 aliphatic rings. The molecule has 1 amide bonds. The molecule has 190 valence electrons. The van der Waals surface area contributed by atoms with Gasteiger partial charge in [-0.3, -0.25) is 9.69 Å². The van der Waals surface area contributed by atoms with E-state index in [4.69, 9.17) is 14.2 Å². The van der Waals surface area contributed by atoms with Crippen molar-refractivity contribution in [1.82, 2.24) is 9.80 Å². The average Bonchev–Trinajstić information content (AvgIpc) is 3.62. The van der Waals surface area contributed by atoms with Crippen molar-refractivity contribution < 1.29 is 23.8 Å². The van der Waals surface area contributed by atoms with E-state index in [0.29, 0.717) is 18.9 Å². The summed E-state index contributed by atoms with van der Waals surface area (Å²) in [6.45, 7) is 6.45. The monoisotopic (exact) mass is 500 g/mol. The average molecular weight is 501 g/mol. The number of carbonyl (C=O) groups excluding carboxylic acids is 2. The first-order valence-corrected chi connectivity index (χ1v) is 13.3. The Morgan fingerprint density at radius 2 is 1.89 bits per heavy atom. The number of amides is 1. The van der Waals surface area contributed by atoms with Gasteiger partial charge in [-0.2, -0.15) is 0 Å². The van der Waals surface area contributed by atoms with Gasteiger partial charge in [0.05, 0.1) is 25.8 Å². The molecule has 1 aliphatic carbocycles. The predicted molar refractivity (Wildman–Crippen MR) is 135 cm³/mol. The predicted octanol–water partition coefficient (Wildman–Crippen LogP) is 3.23. The first-order chi connectivity index (χ1) is 16.7. The second-order valence-electron chi connectivity index (χ2n) is 10.8. The van der Waals surface area contributed by atoms with Gasteiger partial charge in [0.15, 0.2) is 5.79 Å². The van der Waals surface area contributed by atoms with Crippen LogP contribution in [0.15, 0.2) is 42.5 Å². The minimum Gasteiger partial charge on any atom is -0.467 e. The number of morpholine rings is 1. The lowest BCUT2D eigenvalue weighted by atomic mass is 9.90. The van der Waals surface area contributed by atoms with Gasteiger partial charge in [0, 0.05) is 18.3 Å². The molecule has 0 unspecified atom stereocenters. The molecule has 7 nitrogen and oxygen atoms in total. The highest BCUT2D eigenvalue weighted by Crippen LogP contribution is 2.53. The number of carbonyl (C=O) groups is 2. The van der Waals surface area contributed by atoms with E-state index in [1.807, 2.05) is 39.0 Å². The fourth-order valence-electron chi connectivity index (χ4n) is 5.67. The highest BCUT2D eigenvalue weighted by atomic mass is 32.2. The Morgan fingerprint density at radius 3 is 2.51 bits per heavy atom. The molecule has 1 aromatic rings. The zero-order valence-corrected chi connectivity index (χ0v) is 22.0. The number of methoxy groups -OCH3 is 2. The van der Waals surface area contributed by atoms with E-state index in [1.54, 1.807) is 23.8 Å². The van der Waals surface area contributed by atoms with Crippen LogP contribution in [0.4, 0.5) is 0 Å². The molecule has 0 bridgehead atoms. The normalized spacial score (nSPS) is 36.8. The van der Waals surface area contributed by atoms with Gasteiger partial charge in [-0.25, -0.2) is 4.79 Å². The SMILES string of the molecule is COC(=O)[C@@H]1N2C(=O)[C@@H](N3C[C@](C)(OC)O[C@@H](Cc4ccccc4)[C@H]3/C=C/C3CC3)[C@H]2SC1(C)C. The van der Waals surface area contributed by atoms with E-state index in [0.717, 1.165) is 0 Å². The number of benzene rings is 1. The summed E-state index contributed by atoms with van der Waals surface area (Å²) in [7, 11) is 3.05. The highest BCUT2D eigenvalue weighted by molar-refractivity contribution is 8.01. The molecule has 3 heterocycles. The molecule has 1 saturated carbocycles. The van der Waals surface area contributed by atoms with Crippen molar-refractivity contribution in [3.63, 3.8) is 0 Å². The number of thioether (sulfide) groups is 1. The summed E-state index contributed by atoms with van der Waals surface area (Å²) in [4.78, 5) is 30.3. The topological polar surface area (TPSA) is 68.3 Å². The minimum atomic E-state index is -0.843. The van der Waals surface area contributed by atoms with Crippen LogP contribution in [0.5, 0.6) is 0 Å². The Morgan fingerprint density at radius 1 is 1.17 bits per heavy atom. The molecular formula is C27H36N2O5S. The van der Waals surface area contributed by atoms with Gasteiger partial charge in [-0.05, 0) is 45.1 Å². The molecule has 35 heavy (non-hydrogen) atoms. The quantitative estimate of drug-likeness (QED) is 0.323. The van der Waals surface area contributed by atoms with Crippen molar-refractivity contribution in [3.8, 4) is 0 Å². The zero-order chi connectivity index (χ0) is 25.0. The number of β-lactam (4-membered cyclic amide) rings is 1. The van der Waals surface area contributed by atoms with Crippen molar-refractivity contribution in [2.45, 2.75) is 80.2 Å². The molecule has 0 radical (unpaired) electrons. The maximum absolute atomic E-state index is 13.7. The number of nitrogens with zero attached hydrogens (tertiary/aromatic N) is 2. The van der Waals surface area contributed by atoms with Crippen LogP contribution in [0.2, 0.25) is 0 Å². The number of rotatable bonds is 7. The summed E-state index contributed by atoms with van der Waals surface area (Å²) < 4.78 is 17.1. The van der Waals surface area contributed by atoms with Crippen molar-refractivity contribution in [3.05, 3.63) is 48.0 Å². The van der Waals surface area contributed by atoms with Crippen molar-refractivity contribution in [2.24, 2.45) is 5.92 Å². The smallest absolute Gasteiger partial charge is 0.330 e. The molecule has 0 aromatic heterocycles. The van der Waals surface area contributed by atoms with E-state index < -0.39 is 16.6 Å². The third-order valence-electron chi connectivity index (χ3n) is 7.74. The molecule has 3 aliphatic heterocycles. The number of ether oxygens (including phenoxy) is 3. The summed E-state index contributed by atoms with van der Waals surface area (Å²) >= 11 is 1.68. The lowest BCUT2D eigenvalue weighted by molar-refractivity contribution is -0.286. The van der Waals surface area contributed by atoms with Crippen LogP contribution in [0, 0.1) is 5.92 Å². The van der Waals surface area contributed by atoms with Crippen LogP contribution in [0.1, 0.15) is 39.2 Å². The van der Waals surface area contributed by atoms with E-state index >= 15 is 0 Å². The maximum Gasteiger partial charge on any atom is 0.330 e. The number of fused-ring (bicyclic) bond motifs is 1. The molecule has 8 heteroatoms. The van der Waals surface area contributed by atoms with Crippen molar-refractivity contribution in [1.29, 1.82) is 0 Å². The fraction of sp³-hybridized carbons (Fsp3) is 0.630. The summed E-state index contributed by atoms with van der Waals surface area (Å²) in [6, 6.07) is 9.31. The lowest BCUT2D eigenvalue weighted by Gasteiger charge is -2.56. The molecule has 1 aromatic carbocycles. The van der Waals surface area contributed by atoms with E-state index in [-0.39, 0.29) is 35.4 Å². The molecule has 6 atom stereocenters. The second kappa shape index (κ2) is 9.21. The number of hydrogen-bond donors (Lipinski definition) is 0. The van der Waals surface area contributed by atoms with E-state index in [2.05, 4.69) is 29.2 Å². The van der Waals surface area contributed by atoms with Crippen LogP contribution in [-0.4, -0.2) is 82.6 Å². The van der Waals surface area contributed by atoms with E-state index in [9.17, 15) is 9.59 Å². The van der Waals surface area contributed by atoms with Crippen LogP contribution < -0.4 is 0 Å². The van der Waals surface area contributed by atoms with Crippen LogP contribution in [0.25, 0.3) is 0 Å². The molecule has 0 N–H and O–H groups in total. The first-order valence-electron chi connectivity index (χ1n) is 12.5. The van der Waals surface area contributed by atoms with Crippen molar-refractivity contribution >= 4 is 23.6 Å². The fourth-order valence-corrected chi connectivity index (χ4v) is 7.37. The highest BCUT2D eigenvalue weighted by Gasteiger charge is 2.67. The number of hydrogen-bond acceptors (Lipinski definition) is 7. The second-order valence-corrected chi connectivity index (χ2v) is 12.6. The summed E-state index contributed by atoms with van der Waals surface area (Å²) in [5.41, 5.74) is 1.19. The van der Waals surface area contributed by atoms with Gasteiger partial charge in [0.1, 0.15) is 17.5 Å². The first kappa shape index (κ1) is 24.8.